The minimum absolute atomic E-state index is 0.254. The minimum Gasteiger partial charge on any atom is -0.464 e. The molecule has 5 nitrogen and oxygen atoms in total. The summed E-state index contributed by atoms with van der Waals surface area (Å²) in [5.74, 6) is -1.44. The quantitative estimate of drug-likeness (QED) is 0.507. The van der Waals surface area contributed by atoms with Crippen LogP contribution in [0.2, 0.25) is 0 Å². The highest BCUT2D eigenvalue weighted by Crippen LogP contribution is 2.42. The summed E-state index contributed by atoms with van der Waals surface area (Å²) in [5, 5.41) is 0. The lowest BCUT2D eigenvalue weighted by molar-refractivity contribution is -0.406. The maximum absolute atomic E-state index is 11.8. The van der Waals surface area contributed by atoms with E-state index in [0.29, 0.717) is 19.8 Å². The van der Waals surface area contributed by atoms with Crippen molar-refractivity contribution < 1.29 is 23.7 Å². The normalized spacial score (nSPS) is 27.2. The lowest BCUT2D eigenvalue weighted by Gasteiger charge is -2.52. The molecule has 0 saturated carbocycles. The molecule has 5 heteroatoms. The van der Waals surface area contributed by atoms with E-state index in [2.05, 4.69) is 0 Å². The zero-order chi connectivity index (χ0) is 12.2. The zero-order valence-electron chi connectivity index (χ0n) is 10.4. The summed E-state index contributed by atoms with van der Waals surface area (Å²) < 4.78 is 21.4. The largest absolute Gasteiger partial charge is 0.464 e. The van der Waals surface area contributed by atoms with Gasteiger partial charge in [-0.2, -0.15) is 0 Å². The Bertz CT molecular complexity index is 247. The van der Waals surface area contributed by atoms with Crippen LogP contribution in [0.4, 0.5) is 0 Å². The second-order valence-corrected chi connectivity index (χ2v) is 3.66. The van der Waals surface area contributed by atoms with Crippen molar-refractivity contribution in [2.45, 2.75) is 39.1 Å². The number of carbonyl (C=O) groups excluding carboxylic acids is 1. The molecule has 0 N–H and O–H groups in total. The van der Waals surface area contributed by atoms with Crippen LogP contribution in [-0.2, 0) is 23.7 Å². The van der Waals surface area contributed by atoms with E-state index in [9.17, 15) is 4.79 Å². The molecule has 1 fully saturated rings. The third-order valence-corrected chi connectivity index (χ3v) is 2.70. The summed E-state index contributed by atoms with van der Waals surface area (Å²) >= 11 is 0. The molecule has 0 amide bonds. The Balaban J connectivity index is 2.81. The third-order valence-electron chi connectivity index (χ3n) is 2.70. The Morgan fingerprint density at radius 1 is 1.19 bits per heavy atom. The smallest absolute Gasteiger partial charge is 0.343 e. The third kappa shape index (κ3) is 1.95. The Labute approximate surface area is 96.0 Å². The molecule has 1 aliphatic rings. The van der Waals surface area contributed by atoms with Gasteiger partial charge in [-0.3, -0.25) is 0 Å². The summed E-state index contributed by atoms with van der Waals surface area (Å²) in [5.41, 5.74) is -1.16. The van der Waals surface area contributed by atoms with Gasteiger partial charge >= 0.3 is 5.97 Å². The molecule has 1 aliphatic heterocycles. The number of ether oxygens (including phenoxy) is 4. The highest BCUT2D eigenvalue weighted by Gasteiger charge is 2.66. The van der Waals surface area contributed by atoms with Crippen molar-refractivity contribution in [1.29, 1.82) is 0 Å². The van der Waals surface area contributed by atoms with Crippen LogP contribution in [0.15, 0.2) is 0 Å². The van der Waals surface area contributed by atoms with E-state index >= 15 is 0 Å². The van der Waals surface area contributed by atoms with Crippen molar-refractivity contribution in [2.24, 2.45) is 0 Å². The highest BCUT2D eigenvalue weighted by atomic mass is 16.8. The van der Waals surface area contributed by atoms with Crippen molar-refractivity contribution in [2.75, 3.05) is 26.4 Å². The lowest BCUT2D eigenvalue weighted by atomic mass is 9.89. The summed E-state index contributed by atoms with van der Waals surface area (Å²) in [7, 11) is 0. The maximum Gasteiger partial charge on any atom is 0.343 e. The molecule has 16 heavy (non-hydrogen) atoms. The predicted molar refractivity (Wildman–Crippen MR) is 57.0 cm³/mol. The molecule has 1 unspecified atom stereocenters. The van der Waals surface area contributed by atoms with Gasteiger partial charge in [0.2, 0.25) is 11.4 Å². The molecular formula is C11H20O5. The number of hydrogen-bond donors (Lipinski definition) is 0. The van der Waals surface area contributed by atoms with E-state index in [1.807, 2.05) is 13.8 Å². The van der Waals surface area contributed by atoms with Gasteiger partial charge in [0.15, 0.2) is 0 Å². The minimum atomic E-state index is -1.16. The molecule has 0 aliphatic carbocycles. The van der Waals surface area contributed by atoms with Gasteiger partial charge in [0, 0.05) is 13.2 Å². The molecule has 0 aromatic heterocycles. The van der Waals surface area contributed by atoms with Crippen LogP contribution in [0.5, 0.6) is 0 Å². The van der Waals surface area contributed by atoms with Crippen LogP contribution < -0.4 is 0 Å². The molecule has 1 heterocycles. The number of rotatable bonds is 6. The van der Waals surface area contributed by atoms with Crippen molar-refractivity contribution in [3.63, 3.8) is 0 Å². The zero-order valence-corrected chi connectivity index (χ0v) is 10.4. The molecule has 0 spiro atoms. The summed E-state index contributed by atoms with van der Waals surface area (Å²) in [6, 6.07) is 0. The fraction of sp³-hybridized carbons (Fsp3) is 0.909. The Hall–Kier alpha value is -0.650. The van der Waals surface area contributed by atoms with Crippen molar-refractivity contribution in [3.05, 3.63) is 0 Å². The van der Waals surface area contributed by atoms with E-state index in [0.717, 1.165) is 0 Å². The first-order chi connectivity index (χ1) is 7.56. The van der Waals surface area contributed by atoms with Gasteiger partial charge in [-0.1, -0.05) is 0 Å². The topological polar surface area (TPSA) is 54.0 Å². The fourth-order valence-corrected chi connectivity index (χ4v) is 1.76. The van der Waals surface area contributed by atoms with Crippen LogP contribution in [0.1, 0.15) is 27.7 Å². The van der Waals surface area contributed by atoms with E-state index in [4.69, 9.17) is 18.9 Å². The summed E-state index contributed by atoms with van der Waals surface area (Å²) in [6.45, 7) is 8.57. The SMILES string of the molecule is CCOC(=O)C1(C)OCC1(OCC)OCC. The Kier molecular flexibility index (Phi) is 4.29. The number of esters is 1. The molecule has 1 saturated heterocycles. The predicted octanol–water partition coefficient (Wildman–Crippen LogP) is 1.11. The van der Waals surface area contributed by atoms with Crippen LogP contribution in [0.25, 0.3) is 0 Å². The molecule has 0 bridgehead atoms. The van der Waals surface area contributed by atoms with E-state index < -0.39 is 17.4 Å². The van der Waals surface area contributed by atoms with Crippen LogP contribution in [-0.4, -0.2) is 43.8 Å². The second kappa shape index (κ2) is 5.12. The lowest BCUT2D eigenvalue weighted by Crippen LogP contribution is -2.73. The molecule has 0 radical (unpaired) electrons. The average Bonchev–Trinajstić information content (AvgIpc) is 2.26. The van der Waals surface area contributed by atoms with Gasteiger partial charge in [0.05, 0.1) is 6.61 Å². The van der Waals surface area contributed by atoms with Crippen LogP contribution in [0.3, 0.4) is 0 Å². The Morgan fingerprint density at radius 3 is 2.06 bits per heavy atom. The van der Waals surface area contributed by atoms with E-state index in [1.165, 1.54) is 0 Å². The number of carbonyl (C=O) groups is 1. The first-order valence-corrected chi connectivity index (χ1v) is 5.65. The van der Waals surface area contributed by atoms with Gasteiger partial charge in [0.25, 0.3) is 0 Å². The standard InChI is InChI=1S/C11H20O5/c1-5-13-9(12)10(4)11(8-16-10,14-6-2)15-7-3/h5-8H2,1-4H3. The van der Waals surface area contributed by atoms with Gasteiger partial charge < -0.3 is 18.9 Å². The molecule has 1 rings (SSSR count). The van der Waals surface area contributed by atoms with Gasteiger partial charge in [-0.15, -0.1) is 0 Å². The average molecular weight is 232 g/mol. The molecule has 94 valence electrons. The van der Waals surface area contributed by atoms with Gasteiger partial charge in [-0.05, 0) is 27.7 Å². The van der Waals surface area contributed by atoms with Crippen molar-refractivity contribution >= 4 is 5.97 Å². The van der Waals surface area contributed by atoms with Crippen LogP contribution in [0, 0.1) is 0 Å². The molecular weight excluding hydrogens is 212 g/mol. The summed E-state index contributed by atoms with van der Waals surface area (Å²) in [4.78, 5) is 11.8. The monoisotopic (exact) mass is 232 g/mol. The molecule has 1 atom stereocenters. The highest BCUT2D eigenvalue weighted by molar-refractivity contribution is 5.81. The Morgan fingerprint density at radius 2 is 1.75 bits per heavy atom. The molecule has 0 aromatic carbocycles. The van der Waals surface area contributed by atoms with E-state index in [1.54, 1.807) is 13.8 Å². The van der Waals surface area contributed by atoms with Crippen molar-refractivity contribution in [3.8, 4) is 0 Å². The van der Waals surface area contributed by atoms with Crippen molar-refractivity contribution in [1.82, 2.24) is 0 Å². The van der Waals surface area contributed by atoms with Crippen LogP contribution >= 0.6 is 0 Å². The number of hydrogen-bond acceptors (Lipinski definition) is 5. The van der Waals surface area contributed by atoms with Gasteiger partial charge in [-0.25, -0.2) is 4.79 Å². The second-order valence-electron chi connectivity index (χ2n) is 3.66. The van der Waals surface area contributed by atoms with E-state index in [-0.39, 0.29) is 6.61 Å². The first-order valence-electron chi connectivity index (χ1n) is 5.65. The fourth-order valence-electron chi connectivity index (χ4n) is 1.76. The first kappa shape index (κ1) is 13.4. The van der Waals surface area contributed by atoms with Gasteiger partial charge in [0.1, 0.15) is 6.61 Å². The summed E-state index contributed by atoms with van der Waals surface area (Å²) in [6.07, 6.45) is 0. The molecule has 0 aromatic rings. The maximum atomic E-state index is 11.8.